The maximum atomic E-state index is 12.8. The number of amides is 1. The molecule has 0 fully saturated rings. The van der Waals surface area contributed by atoms with Crippen molar-refractivity contribution in [2.75, 3.05) is 11.4 Å². The van der Waals surface area contributed by atoms with E-state index in [9.17, 15) is 9.59 Å². The SMILES string of the molecule is Cc1cc(=O)n2c(ncn2CC(=O)N2CCCc3ccccc32)n1. The molecule has 1 aliphatic heterocycles. The Morgan fingerprint density at radius 3 is 3.00 bits per heavy atom. The fraction of sp³-hybridized carbons (Fsp3) is 0.294. The van der Waals surface area contributed by atoms with E-state index in [0.29, 0.717) is 18.0 Å². The van der Waals surface area contributed by atoms with Crippen molar-refractivity contribution in [3.8, 4) is 0 Å². The molecule has 122 valence electrons. The fourth-order valence-electron chi connectivity index (χ4n) is 3.20. The molecule has 0 spiro atoms. The lowest BCUT2D eigenvalue weighted by Gasteiger charge is -2.29. The van der Waals surface area contributed by atoms with Gasteiger partial charge in [0.15, 0.2) is 0 Å². The zero-order valence-corrected chi connectivity index (χ0v) is 13.3. The summed E-state index contributed by atoms with van der Waals surface area (Å²) in [6, 6.07) is 9.39. The largest absolute Gasteiger partial charge is 0.311 e. The molecule has 24 heavy (non-hydrogen) atoms. The number of para-hydroxylation sites is 1. The molecule has 1 aliphatic rings. The molecule has 0 bridgehead atoms. The van der Waals surface area contributed by atoms with Crippen molar-refractivity contribution in [2.45, 2.75) is 26.3 Å². The van der Waals surface area contributed by atoms with Gasteiger partial charge < -0.3 is 4.90 Å². The third kappa shape index (κ3) is 2.38. The van der Waals surface area contributed by atoms with Crippen LogP contribution < -0.4 is 10.5 Å². The van der Waals surface area contributed by atoms with E-state index in [-0.39, 0.29) is 18.0 Å². The molecule has 1 amide bonds. The topological polar surface area (TPSA) is 72.5 Å². The summed E-state index contributed by atoms with van der Waals surface area (Å²) >= 11 is 0. The van der Waals surface area contributed by atoms with Gasteiger partial charge in [0.1, 0.15) is 12.9 Å². The van der Waals surface area contributed by atoms with Crippen LogP contribution in [0.3, 0.4) is 0 Å². The summed E-state index contributed by atoms with van der Waals surface area (Å²) in [4.78, 5) is 35.1. The van der Waals surface area contributed by atoms with Crippen LogP contribution in [0.15, 0.2) is 41.5 Å². The van der Waals surface area contributed by atoms with Crippen LogP contribution in [0.1, 0.15) is 17.7 Å². The average Bonchev–Trinajstić information content (AvgIpc) is 2.97. The van der Waals surface area contributed by atoms with Crippen molar-refractivity contribution < 1.29 is 4.79 Å². The Kier molecular flexibility index (Phi) is 3.41. The quantitative estimate of drug-likeness (QED) is 0.710. The molecule has 3 aromatic rings. The molecule has 0 atom stereocenters. The van der Waals surface area contributed by atoms with Crippen LogP contribution in [0.2, 0.25) is 0 Å². The molecule has 0 saturated carbocycles. The first-order chi connectivity index (χ1) is 11.6. The molecule has 4 rings (SSSR count). The number of fused-ring (bicyclic) bond motifs is 2. The summed E-state index contributed by atoms with van der Waals surface area (Å²) < 4.78 is 2.85. The Bertz CT molecular complexity index is 988. The van der Waals surface area contributed by atoms with Gasteiger partial charge in [-0.25, -0.2) is 4.98 Å². The normalized spacial score (nSPS) is 14.0. The highest BCUT2D eigenvalue weighted by Gasteiger charge is 2.23. The Labute approximate surface area is 138 Å². The van der Waals surface area contributed by atoms with Gasteiger partial charge in [0.05, 0.1) is 0 Å². The van der Waals surface area contributed by atoms with Gasteiger partial charge in [0, 0.05) is 24.0 Å². The summed E-state index contributed by atoms with van der Waals surface area (Å²) in [5.41, 5.74) is 2.52. The highest BCUT2D eigenvalue weighted by molar-refractivity contribution is 5.94. The van der Waals surface area contributed by atoms with Crippen LogP contribution in [0.4, 0.5) is 5.69 Å². The summed E-state index contributed by atoms with van der Waals surface area (Å²) in [6.45, 7) is 2.49. The zero-order valence-electron chi connectivity index (χ0n) is 13.3. The number of rotatable bonds is 2. The van der Waals surface area contributed by atoms with Gasteiger partial charge in [-0.1, -0.05) is 18.2 Å². The monoisotopic (exact) mass is 323 g/mol. The Hall–Kier alpha value is -2.96. The van der Waals surface area contributed by atoms with Crippen LogP contribution in [-0.4, -0.2) is 31.6 Å². The van der Waals surface area contributed by atoms with Crippen LogP contribution in [0.25, 0.3) is 5.78 Å². The minimum atomic E-state index is -0.234. The zero-order chi connectivity index (χ0) is 16.7. The van der Waals surface area contributed by atoms with E-state index >= 15 is 0 Å². The van der Waals surface area contributed by atoms with Gasteiger partial charge in [-0.2, -0.15) is 9.50 Å². The lowest BCUT2D eigenvalue weighted by molar-refractivity contribution is -0.119. The second-order valence-electron chi connectivity index (χ2n) is 5.97. The molecule has 1 aromatic carbocycles. The Morgan fingerprint density at radius 2 is 2.12 bits per heavy atom. The lowest BCUT2D eigenvalue weighted by atomic mass is 10.0. The standard InChI is InChI=1S/C17H17N5O2/c1-12-9-15(23)22-17(19-12)18-11-20(22)10-16(24)21-8-4-6-13-5-2-3-7-14(13)21/h2-3,5,7,9,11H,4,6,8,10H2,1H3. The van der Waals surface area contributed by atoms with Gasteiger partial charge in [-0.3, -0.25) is 14.3 Å². The highest BCUT2D eigenvalue weighted by atomic mass is 16.2. The number of aryl methyl sites for hydroxylation is 2. The van der Waals surface area contributed by atoms with Gasteiger partial charge in [-0.05, 0) is 31.4 Å². The van der Waals surface area contributed by atoms with Crippen molar-refractivity contribution in [3.63, 3.8) is 0 Å². The Morgan fingerprint density at radius 1 is 1.29 bits per heavy atom. The molecule has 0 saturated heterocycles. The van der Waals surface area contributed by atoms with Gasteiger partial charge in [0.25, 0.3) is 11.3 Å². The first-order valence-corrected chi connectivity index (χ1v) is 7.93. The molecule has 0 radical (unpaired) electrons. The van der Waals surface area contributed by atoms with E-state index in [0.717, 1.165) is 18.5 Å². The third-order valence-electron chi connectivity index (χ3n) is 4.28. The number of nitrogens with zero attached hydrogens (tertiary/aromatic N) is 5. The smallest absolute Gasteiger partial charge is 0.274 e. The summed E-state index contributed by atoms with van der Waals surface area (Å²) in [5, 5.41) is 0. The van der Waals surface area contributed by atoms with Crippen molar-refractivity contribution >= 4 is 17.4 Å². The molecule has 2 aromatic heterocycles. The van der Waals surface area contributed by atoms with Crippen LogP contribution in [-0.2, 0) is 17.8 Å². The number of hydrogen-bond donors (Lipinski definition) is 0. The minimum absolute atomic E-state index is 0.0511. The molecular formula is C17H17N5O2. The predicted octanol–water partition coefficient (Wildman–Crippen LogP) is 1.18. The maximum Gasteiger partial charge on any atom is 0.274 e. The van der Waals surface area contributed by atoms with E-state index in [1.54, 1.807) is 11.8 Å². The van der Waals surface area contributed by atoms with E-state index in [1.165, 1.54) is 27.2 Å². The predicted molar refractivity (Wildman–Crippen MR) is 89.1 cm³/mol. The molecule has 0 aliphatic carbocycles. The van der Waals surface area contributed by atoms with Crippen LogP contribution in [0, 0.1) is 6.92 Å². The van der Waals surface area contributed by atoms with Crippen molar-refractivity contribution in [3.05, 3.63) is 58.3 Å². The maximum absolute atomic E-state index is 12.8. The van der Waals surface area contributed by atoms with E-state index in [4.69, 9.17) is 0 Å². The fourth-order valence-corrected chi connectivity index (χ4v) is 3.20. The van der Waals surface area contributed by atoms with Gasteiger partial charge >= 0.3 is 0 Å². The Balaban J connectivity index is 1.68. The van der Waals surface area contributed by atoms with Gasteiger partial charge in [0.2, 0.25) is 5.91 Å². The molecule has 0 unspecified atom stereocenters. The third-order valence-corrected chi connectivity index (χ3v) is 4.28. The lowest BCUT2D eigenvalue weighted by Crippen LogP contribution is -2.38. The van der Waals surface area contributed by atoms with Gasteiger partial charge in [-0.15, -0.1) is 0 Å². The van der Waals surface area contributed by atoms with Crippen LogP contribution >= 0.6 is 0 Å². The second-order valence-corrected chi connectivity index (χ2v) is 5.97. The second kappa shape index (κ2) is 5.59. The number of carbonyl (C=O) groups is 1. The van der Waals surface area contributed by atoms with Crippen LogP contribution in [0.5, 0.6) is 0 Å². The van der Waals surface area contributed by atoms with Crippen molar-refractivity contribution in [1.29, 1.82) is 0 Å². The van der Waals surface area contributed by atoms with E-state index in [2.05, 4.69) is 16.0 Å². The first kappa shape index (κ1) is 14.6. The van der Waals surface area contributed by atoms with E-state index in [1.807, 2.05) is 18.2 Å². The number of carbonyl (C=O) groups excluding carboxylic acids is 1. The van der Waals surface area contributed by atoms with Crippen molar-refractivity contribution in [1.82, 2.24) is 19.2 Å². The molecule has 7 nitrogen and oxygen atoms in total. The number of hydrogen-bond acceptors (Lipinski definition) is 4. The summed E-state index contributed by atoms with van der Waals surface area (Å²) in [5.74, 6) is 0.251. The number of anilines is 1. The number of aromatic nitrogens is 4. The van der Waals surface area contributed by atoms with E-state index < -0.39 is 0 Å². The average molecular weight is 323 g/mol. The molecule has 0 N–H and O–H groups in total. The first-order valence-electron chi connectivity index (χ1n) is 7.93. The summed E-state index contributed by atoms with van der Waals surface area (Å²) in [6.07, 6.45) is 3.40. The summed E-state index contributed by atoms with van der Waals surface area (Å²) in [7, 11) is 0. The molecular weight excluding hydrogens is 306 g/mol. The highest BCUT2D eigenvalue weighted by Crippen LogP contribution is 2.26. The number of benzene rings is 1. The minimum Gasteiger partial charge on any atom is -0.311 e. The van der Waals surface area contributed by atoms with Crippen molar-refractivity contribution in [2.24, 2.45) is 0 Å². The molecule has 3 heterocycles. The molecule has 7 heteroatoms.